The molecule has 2 fully saturated rings. The maximum Gasteiger partial charge on any atom is 0.319 e. The van der Waals surface area contributed by atoms with Crippen molar-refractivity contribution >= 4 is 23.5 Å². The minimum Gasteiger partial charge on any atom is -0.495 e. The monoisotopic (exact) mass is 402 g/mol. The van der Waals surface area contributed by atoms with Gasteiger partial charge in [0.05, 0.1) is 12.8 Å². The van der Waals surface area contributed by atoms with Gasteiger partial charge in [0.2, 0.25) is 5.91 Å². The van der Waals surface area contributed by atoms with E-state index < -0.39 is 0 Å². The quantitative estimate of drug-likeness (QED) is 0.838. The number of benzene rings is 1. The minimum absolute atomic E-state index is 0.0953. The Morgan fingerprint density at radius 2 is 1.66 bits per heavy atom. The molecule has 2 heterocycles. The van der Waals surface area contributed by atoms with Crippen LogP contribution in [0.15, 0.2) is 18.2 Å². The van der Waals surface area contributed by atoms with Gasteiger partial charge in [-0.05, 0) is 43.9 Å². The summed E-state index contributed by atoms with van der Waals surface area (Å²) in [5, 5.41) is 2.92. The molecule has 1 aromatic rings. The van der Waals surface area contributed by atoms with E-state index in [4.69, 9.17) is 4.74 Å². The lowest BCUT2D eigenvalue weighted by atomic mass is 9.96. The summed E-state index contributed by atoms with van der Waals surface area (Å²) in [4.78, 5) is 42.8. The van der Waals surface area contributed by atoms with E-state index in [1.165, 1.54) is 12.0 Å². The SMILES string of the molecule is COc1ccc(C(=O)N(C)C)cc1NC(=O)C1CCN(C(=O)N2CCCC2)CC1. The van der Waals surface area contributed by atoms with Gasteiger partial charge in [-0.3, -0.25) is 9.59 Å². The average Bonchev–Trinajstić information content (AvgIpc) is 3.27. The maximum absolute atomic E-state index is 12.8. The van der Waals surface area contributed by atoms with E-state index in [1.807, 2.05) is 9.80 Å². The highest BCUT2D eigenvalue weighted by atomic mass is 16.5. The summed E-state index contributed by atoms with van der Waals surface area (Å²) in [6.07, 6.45) is 3.40. The van der Waals surface area contributed by atoms with E-state index in [0.717, 1.165) is 25.9 Å². The van der Waals surface area contributed by atoms with E-state index in [-0.39, 0.29) is 23.8 Å². The molecule has 8 heteroatoms. The van der Waals surface area contributed by atoms with Gasteiger partial charge >= 0.3 is 6.03 Å². The fourth-order valence-electron chi connectivity index (χ4n) is 3.87. The number of carbonyl (C=O) groups is 3. The lowest BCUT2D eigenvalue weighted by Crippen LogP contribution is -2.47. The van der Waals surface area contributed by atoms with Crippen LogP contribution < -0.4 is 10.1 Å². The van der Waals surface area contributed by atoms with Crippen molar-refractivity contribution in [2.45, 2.75) is 25.7 Å². The predicted octanol–water partition coefficient (Wildman–Crippen LogP) is 2.26. The van der Waals surface area contributed by atoms with Gasteiger partial charge in [0.25, 0.3) is 5.91 Å². The smallest absolute Gasteiger partial charge is 0.319 e. The first kappa shape index (κ1) is 21.0. The van der Waals surface area contributed by atoms with Gasteiger partial charge in [-0.2, -0.15) is 0 Å². The number of nitrogens with zero attached hydrogens (tertiary/aromatic N) is 3. The fraction of sp³-hybridized carbons (Fsp3) is 0.571. The van der Waals surface area contributed by atoms with Gasteiger partial charge in [-0.1, -0.05) is 0 Å². The molecule has 0 unspecified atom stereocenters. The zero-order chi connectivity index (χ0) is 21.0. The van der Waals surface area contributed by atoms with Crippen LogP contribution in [-0.4, -0.2) is 79.9 Å². The summed E-state index contributed by atoms with van der Waals surface area (Å²) < 4.78 is 5.34. The Kier molecular flexibility index (Phi) is 6.61. The third-order valence-electron chi connectivity index (χ3n) is 5.62. The molecule has 2 aliphatic rings. The minimum atomic E-state index is -0.171. The lowest BCUT2D eigenvalue weighted by molar-refractivity contribution is -0.121. The third-order valence-corrected chi connectivity index (χ3v) is 5.62. The second-order valence-electron chi connectivity index (χ2n) is 7.84. The average molecular weight is 402 g/mol. The number of methoxy groups -OCH3 is 1. The summed E-state index contributed by atoms with van der Waals surface area (Å²) in [5.41, 5.74) is 0.970. The number of piperidine rings is 1. The van der Waals surface area contributed by atoms with Crippen LogP contribution in [0.3, 0.4) is 0 Å². The van der Waals surface area contributed by atoms with Crippen molar-refractivity contribution < 1.29 is 19.1 Å². The molecule has 29 heavy (non-hydrogen) atoms. The maximum atomic E-state index is 12.8. The van der Waals surface area contributed by atoms with E-state index >= 15 is 0 Å². The first-order valence-electron chi connectivity index (χ1n) is 10.1. The molecule has 8 nitrogen and oxygen atoms in total. The number of carbonyl (C=O) groups excluding carboxylic acids is 3. The van der Waals surface area contributed by atoms with Gasteiger partial charge < -0.3 is 24.8 Å². The van der Waals surface area contributed by atoms with Crippen LogP contribution in [0.4, 0.5) is 10.5 Å². The highest BCUT2D eigenvalue weighted by Gasteiger charge is 2.30. The molecule has 0 aliphatic carbocycles. The summed E-state index contributed by atoms with van der Waals surface area (Å²) in [7, 11) is 4.89. The normalized spacial score (nSPS) is 17.2. The molecule has 0 aromatic heterocycles. The second kappa shape index (κ2) is 9.15. The highest BCUT2D eigenvalue weighted by Crippen LogP contribution is 2.28. The Bertz CT molecular complexity index is 766. The van der Waals surface area contributed by atoms with E-state index in [9.17, 15) is 14.4 Å². The van der Waals surface area contributed by atoms with Crippen molar-refractivity contribution in [3.8, 4) is 5.75 Å². The molecule has 4 amide bonds. The van der Waals surface area contributed by atoms with E-state index in [1.54, 1.807) is 32.3 Å². The summed E-state index contributed by atoms with van der Waals surface area (Å²) >= 11 is 0. The number of likely N-dealkylation sites (tertiary alicyclic amines) is 2. The molecule has 0 bridgehead atoms. The zero-order valence-corrected chi connectivity index (χ0v) is 17.4. The molecule has 2 aliphatic heterocycles. The molecule has 1 N–H and O–H groups in total. The predicted molar refractivity (Wildman–Crippen MR) is 110 cm³/mol. The Morgan fingerprint density at radius 1 is 1.03 bits per heavy atom. The van der Waals surface area contributed by atoms with Gasteiger partial charge in [0.1, 0.15) is 5.75 Å². The first-order valence-corrected chi connectivity index (χ1v) is 10.1. The number of urea groups is 1. The van der Waals surface area contributed by atoms with Crippen LogP contribution in [0.2, 0.25) is 0 Å². The van der Waals surface area contributed by atoms with Gasteiger partial charge in [0, 0.05) is 51.8 Å². The molecule has 0 radical (unpaired) electrons. The molecule has 2 saturated heterocycles. The topological polar surface area (TPSA) is 82.2 Å². The number of hydrogen-bond donors (Lipinski definition) is 1. The molecule has 158 valence electrons. The molecule has 0 spiro atoms. The second-order valence-corrected chi connectivity index (χ2v) is 7.84. The fourth-order valence-corrected chi connectivity index (χ4v) is 3.87. The van der Waals surface area contributed by atoms with Crippen molar-refractivity contribution in [2.24, 2.45) is 5.92 Å². The van der Waals surface area contributed by atoms with Crippen LogP contribution in [-0.2, 0) is 4.79 Å². The van der Waals surface area contributed by atoms with Crippen LogP contribution in [0, 0.1) is 5.92 Å². The number of anilines is 1. The van der Waals surface area contributed by atoms with Gasteiger partial charge in [-0.15, -0.1) is 0 Å². The number of nitrogens with one attached hydrogen (secondary N) is 1. The van der Waals surface area contributed by atoms with Crippen molar-refractivity contribution in [3.05, 3.63) is 23.8 Å². The third kappa shape index (κ3) is 4.81. The largest absolute Gasteiger partial charge is 0.495 e. The van der Waals surface area contributed by atoms with Crippen LogP contribution in [0.25, 0.3) is 0 Å². The number of hydrogen-bond acceptors (Lipinski definition) is 4. The standard InChI is InChI=1S/C21H30N4O4/c1-23(2)20(27)16-6-7-18(29-3)17(14-16)22-19(26)15-8-12-25(13-9-15)21(28)24-10-4-5-11-24/h6-7,14-15H,4-5,8-13H2,1-3H3,(H,22,26). The van der Waals surface area contributed by atoms with Gasteiger partial charge in [0.15, 0.2) is 0 Å². The Morgan fingerprint density at radius 3 is 2.24 bits per heavy atom. The summed E-state index contributed by atoms with van der Waals surface area (Å²) in [6.45, 7) is 2.84. The molecule has 0 atom stereocenters. The molecular formula is C21H30N4O4. The van der Waals surface area contributed by atoms with Crippen molar-refractivity contribution in [2.75, 3.05) is 52.7 Å². The lowest BCUT2D eigenvalue weighted by Gasteiger charge is -2.34. The number of amides is 4. The molecular weight excluding hydrogens is 372 g/mol. The van der Waals surface area contributed by atoms with Crippen molar-refractivity contribution in [1.82, 2.24) is 14.7 Å². The Hall–Kier alpha value is -2.77. The molecule has 1 aromatic carbocycles. The van der Waals surface area contributed by atoms with Crippen molar-refractivity contribution in [1.29, 1.82) is 0 Å². The van der Waals surface area contributed by atoms with Crippen LogP contribution in [0.5, 0.6) is 5.75 Å². The van der Waals surface area contributed by atoms with E-state index in [2.05, 4.69) is 5.32 Å². The Labute approximate surface area is 171 Å². The summed E-state index contributed by atoms with van der Waals surface area (Å²) in [5.74, 6) is 0.0914. The van der Waals surface area contributed by atoms with Gasteiger partial charge in [-0.25, -0.2) is 4.79 Å². The van der Waals surface area contributed by atoms with Crippen LogP contribution >= 0.6 is 0 Å². The zero-order valence-electron chi connectivity index (χ0n) is 17.4. The van der Waals surface area contributed by atoms with Crippen LogP contribution in [0.1, 0.15) is 36.0 Å². The number of rotatable bonds is 4. The Balaban J connectivity index is 1.61. The molecule has 3 rings (SSSR count). The number of ether oxygens (including phenoxy) is 1. The highest BCUT2D eigenvalue weighted by molar-refractivity contribution is 5.98. The van der Waals surface area contributed by atoms with Crippen molar-refractivity contribution in [3.63, 3.8) is 0 Å². The summed E-state index contributed by atoms with van der Waals surface area (Å²) in [6, 6.07) is 5.10. The van der Waals surface area contributed by atoms with E-state index in [0.29, 0.717) is 42.9 Å². The molecule has 0 saturated carbocycles. The first-order chi connectivity index (χ1) is 13.9.